The highest BCUT2D eigenvalue weighted by Gasteiger charge is 2.55. The van der Waals surface area contributed by atoms with E-state index in [1.807, 2.05) is 65.6 Å². The lowest BCUT2D eigenvalue weighted by atomic mass is 9.65. The maximum atomic E-state index is 14.2. The van der Waals surface area contributed by atoms with Crippen LogP contribution in [0.5, 0.6) is 11.5 Å². The molecule has 0 bridgehead atoms. The summed E-state index contributed by atoms with van der Waals surface area (Å²) in [4.78, 5) is 21.1. The Morgan fingerprint density at radius 1 is 1.10 bits per heavy atom. The molecule has 1 aliphatic carbocycles. The van der Waals surface area contributed by atoms with Gasteiger partial charge in [0.05, 0.1) is 36.2 Å². The van der Waals surface area contributed by atoms with Gasteiger partial charge in [0, 0.05) is 5.56 Å². The number of ether oxygens (including phenoxy) is 2. The molecule has 7 heteroatoms. The number of hydrogen-bond donors (Lipinski definition) is 2. The van der Waals surface area contributed by atoms with Gasteiger partial charge in [-0.25, -0.2) is 4.99 Å². The lowest BCUT2D eigenvalue weighted by molar-refractivity contribution is -0.126. The van der Waals surface area contributed by atoms with Crippen molar-refractivity contribution in [1.29, 1.82) is 0 Å². The van der Waals surface area contributed by atoms with Crippen LogP contribution in [0.1, 0.15) is 48.8 Å². The summed E-state index contributed by atoms with van der Waals surface area (Å²) in [6, 6.07) is 22.0. The van der Waals surface area contributed by atoms with Crippen molar-refractivity contribution < 1.29 is 14.3 Å². The van der Waals surface area contributed by atoms with E-state index in [0.29, 0.717) is 6.54 Å². The van der Waals surface area contributed by atoms with Crippen LogP contribution < -0.4 is 25.4 Å². The number of amides is 1. The number of allylic oxidation sites excluding steroid dienone is 1. The van der Waals surface area contributed by atoms with Crippen molar-refractivity contribution in [2.24, 2.45) is 10.7 Å². The molecule has 3 aliphatic rings. The Morgan fingerprint density at radius 2 is 1.85 bits per heavy atom. The molecule has 0 unspecified atom stereocenters. The molecule has 1 saturated heterocycles. The van der Waals surface area contributed by atoms with E-state index in [1.165, 1.54) is 6.20 Å². The summed E-state index contributed by atoms with van der Waals surface area (Å²) >= 11 is 0. The summed E-state index contributed by atoms with van der Waals surface area (Å²) in [5.41, 5.74) is 10.8. The van der Waals surface area contributed by atoms with Crippen LogP contribution in [-0.2, 0) is 16.8 Å². The maximum Gasteiger partial charge on any atom is 0.238 e. The van der Waals surface area contributed by atoms with Crippen molar-refractivity contribution in [1.82, 2.24) is 5.32 Å². The highest BCUT2D eigenvalue weighted by atomic mass is 16.5. The highest BCUT2D eigenvalue weighted by molar-refractivity contribution is 6.14. The van der Waals surface area contributed by atoms with Gasteiger partial charge in [0.15, 0.2) is 0 Å². The maximum absolute atomic E-state index is 14.2. The minimum atomic E-state index is -0.520. The first-order chi connectivity index (χ1) is 19.6. The molecule has 6 rings (SSSR count). The van der Waals surface area contributed by atoms with Crippen molar-refractivity contribution in [2.45, 2.75) is 50.2 Å². The smallest absolute Gasteiger partial charge is 0.238 e. The first-order valence-electron chi connectivity index (χ1n) is 14.1. The molecule has 2 heterocycles. The van der Waals surface area contributed by atoms with E-state index >= 15 is 0 Å². The molecule has 1 amide bonds. The molecule has 1 spiro atoms. The summed E-state index contributed by atoms with van der Waals surface area (Å²) < 4.78 is 12.1. The topological polar surface area (TPSA) is 89.2 Å². The second-order valence-corrected chi connectivity index (χ2v) is 10.8. The summed E-state index contributed by atoms with van der Waals surface area (Å²) in [5.74, 6) is 1.70. The van der Waals surface area contributed by atoms with Gasteiger partial charge < -0.3 is 25.4 Å². The molecule has 0 radical (unpaired) electrons. The number of nitrogens with zero attached hydrogens (tertiary/aromatic N) is 2. The van der Waals surface area contributed by atoms with Crippen molar-refractivity contribution in [2.75, 3.05) is 25.1 Å². The van der Waals surface area contributed by atoms with E-state index in [0.717, 1.165) is 90.5 Å². The third kappa shape index (κ3) is 4.86. The van der Waals surface area contributed by atoms with Gasteiger partial charge in [0.2, 0.25) is 5.91 Å². The number of anilines is 1. The summed E-state index contributed by atoms with van der Waals surface area (Å²) in [5, 5.41) is 3.42. The predicted octanol–water partition coefficient (Wildman–Crippen LogP) is 5.39. The second-order valence-electron chi connectivity index (χ2n) is 10.8. The lowest BCUT2D eigenvalue weighted by Crippen LogP contribution is -2.44. The van der Waals surface area contributed by atoms with E-state index in [9.17, 15) is 4.79 Å². The molecule has 206 valence electrons. The molecule has 0 aromatic heterocycles. The molecule has 2 aliphatic heterocycles. The molecule has 0 atom stereocenters. The van der Waals surface area contributed by atoms with Crippen LogP contribution in [-0.4, -0.2) is 37.9 Å². The van der Waals surface area contributed by atoms with Crippen molar-refractivity contribution >= 4 is 23.0 Å². The van der Waals surface area contributed by atoms with Gasteiger partial charge in [-0.15, -0.1) is 0 Å². The number of para-hydroxylation sites is 1. The molecule has 3 aromatic rings. The van der Waals surface area contributed by atoms with Crippen LogP contribution in [0.2, 0.25) is 0 Å². The van der Waals surface area contributed by atoms with Crippen LogP contribution in [0.15, 0.2) is 84.0 Å². The SMILES string of the molecule is COc1ccc(CN2C(=O)C3(CCC3)c3cc(C(C=CN)=Nc4ccccc4)cc(OC4CCNCC4)c32)cc1. The van der Waals surface area contributed by atoms with Gasteiger partial charge in [-0.3, -0.25) is 4.79 Å². The number of carbonyl (C=O) groups is 1. The van der Waals surface area contributed by atoms with Crippen LogP contribution in [0.4, 0.5) is 11.4 Å². The lowest BCUT2D eigenvalue weighted by Gasteiger charge is -2.37. The van der Waals surface area contributed by atoms with Crippen LogP contribution in [0, 0.1) is 0 Å². The van der Waals surface area contributed by atoms with E-state index in [1.54, 1.807) is 7.11 Å². The molecule has 1 saturated carbocycles. The Morgan fingerprint density at radius 3 is 2.50 bits per heavy atom. The van der Waals surface area contributed by atoms with Crippen LogP contribution >= 0.6 is 0 Å². The molecular formula is C33H36N4O3. The van der Waals surface area contributed by atoms with Gasteiger partial charge in [0.1, 0.15) is 17.6 Å². The zero-order valence-electron chi connectivity index (χ0n) is 22.9. The highest BCUT2D eigenvalue weighted by Crippen LogP contribution is 2.57. The Hall–Kier alpha value is -4.10. The Bertz CT molecular complexity index is 1420. The molecule has 40 heavy (non-hydrogen) atoms. The van der Waals surface area contributed by atoms with Crippen LogP contribution in [0.25, 0.3) is 0 Å². The quantitative estimate of drug-likeness (QED) is 0.377. The number of nitrogens with one attached hydrogen (secondary N) is 1. The number of carbonyl (C=O) groups excluding carboxylic acids is 1. The van der Waals surface area contributed by atoms with Crippen molar-refractivity contribution in [3.05, 3.63) is 95.7 Å². The standard InChI is InChI=1S/C33H36N4O3/c1-39-26-10-8-23(9-11-26)22-37-31-28(33(32(37)38)15-5-16-33)20-24(21-30(31)40-27-13-18-35-19-14-27)29(12-17-34)36-25-6-3-2-4-7-25/h2-4,6-12,17,20-21,27,35H,5,13-16,18-19,22,34H2,1H3. The molecule has 3 aromatic carbocycles. The van der Waals surface area contributed by atoms with E-state index in [2.05, 4.69) is 17.4 Å². The fourth-order valence-electron chi connectivity index (χ4n) is 6.07. The van der Waals surface area contributed by atoms with Crippen molar-refractivity contribution in [3.8, 4) is 11.5 Å². The summed E-state index contributed by atoms with van der Waals surface area (Å²) in [6.45, 7) is 2.32. The van der Waals surface area contributed by atoms with Crippen LogP contribution in [0.3, 0.4) is 0 Å². The average Bonchev–Trinajstić information content (AvgIpc) is 3.22. The number of fused-ring (bicyclic) bond motifs is 2. The fraction of sp³-hybridized carbons (Fsp3) is 0.333. The van der Waals surface area contributed by atoms with Gasteiger partial charge in [-0.2, -0.15) is 0 Å². The number of nitrogens with two attached hydrogens (primary N) is 1. The number of aliphatic imine (C=N–C) groups is 1. The van der Waals surface area contributed by atoms with E-state index in [4.69, 9.17) is 20.2 Å². The largest absolute Gasteiger partial charge is 0.497 e. The van der Waals surface area contributed by atoms with Crippen molar-refractivity contribution in [3.63, 3.8) is 0 Å². The van der Waals surface area contributed by atoms with Gasteiger partial charge in [-0.05, 0) is 98.6 Å². The third-order valence-corrected chi connectivity index (χ3v) is 8.36. The average molecular weight is 537 g/mol. The molecule has 3 N–H and O–H groups in total. The first-order valence-corrected chi connectivity index (χ1v) is 14.1. The predicted molar refractivity (Wildman–Crippen MR) is 159 cm³/mol. The number of rotatable bonds is 8. The zero-order chi connectivity index (χ0) is 27.5. The number of benzene rings is 3. The number of hydrogen-bond acceptors (Lipinski definition) is 6. The molecular weight excluding hydrogens is 500 g/mol. The van der Waals surface area contributed by atoms with E-state index < -0.39 is 5.41 Å². The number of methoxy groups -OCH3 is 1. The monoisotopic (exact) mass is 536 g/mol. The third-order valence-electron chi connectivity index (χ3n) is 8.36. The van der Waals surface area contributed by atoms with Gasteiger partial charge >= 0.3 is 0 Å². The molecule has 7 nitrogen and oxygen atoms in total. The Balaban J connectivity index is 1.48. The zero-order valence-corrected chi connectivity index (χ0v) is 22.9. The van der Waals surface area contributed by atoms with Gasteiger partial charge in [0.25, 0.3) is 0 Å². The minimum Gasteiger partial charge on any atom is -0.497 e. The minimum absolute atomic E-state index is 0.0797. The number of piperidine rings is 1. The Labute approximate surface area is 235 Å². The molecule has 2 fully saturated rings. The summed E-state index contributed by atoms with van der Waals surface area (Å²) in [7, 11) is 1.66. The second kappa shape index (κ2) is 11.2. The van der Waals surface area contributed by atoms with Gasteiger partial charge in [-0.1, -0.05) is 36.8 Å². The normalized spacial score (nSPS) is 18.7. The Kier molecular flexibility index (Phi) is 7.30. The van der Waals surface area contributed by atoms with E-state index in [-0.39, 0.29) is 12.0 Å². The fourth-order valence-corrected chi connectivity index (χ4v) is 6.07. The first kappa shape index (κ1) is 26.1. The summed E-state index contributed by atoms with van der Waals surface area (Å²) in [6.07, 6.45) is 7.97.